The minimum atomic E-state index is -0.688. The second kappa shape index (κ2) is 6.00. The average molecular weight is 173 g/mol. The van der Waals surface area contributed by atoms with E-state index in [0.717, 1.165) is 19.3 Å². The molecule has 3 nitrogen and oxygen atoms in total. The fourth-order valence-corrected chi connectivity index (χ4v) is 0.998. The smallest absolute Gasteiger partial charge is 0.306 e. The maximum absolute atomic E-state index is 10.4. The predicted molar refractivity (Wildman–Crippen MR) is 49.2 cm³/mol. The molecule has 72 valence electrons. The van der Waals surface area contributed by atoms with Gasteiger partial charge in [0.05, 0.1) is 5.92 Å². The number of hydrogen-bond donors (Lipinski definition) is 2. The summed E-state index contributed by atoms with van der Waals surface area (Å²) in [5.41, 5.74) is 0. The Kier molecular flexibility index (Phi) is 5.72. The topological polar surface area (TPSA) is 49.3 Å². The van der Waals surface area contributed by atoms with Crippen LogP contribution in [0.1, 0.15) is 33.1 Å². The monoisotopic (exact) mass is 173 g/mol. The average Bonchev–Trinajstić information content (AvgIpc) is 2.03. The van der Waals surface area contributed by atoms with Gasteiger partial charge in [0.1, 0.15) is 0 Å². The Balaban J connectivity index is 3.37. The van der Waals surface area contributed by atoms with Gasteiger partial charge >= 0.3 is 5.97 Å². The summed E-state index contributed by atoms with van der Waals surface area (Å²) in [6, 6.07) is 0.492. The molecule has 2 unspecified atom stereocenters. The van der Waals surface area contributed by atoms with E-state index in [1.165, 1.54) is 0 Å². The summed E-state index contributed by atoms with van der Waals surface area (Å²) in [7, 11) is 1.92. The van der Waals surface area contributed by atoms with Crippen LogP contribution in [0.15, 0.2) is 0 Å². The van der Waals surface area contributed by atoms with Crippen LogP contribution in [0.5, 0.6) is 0 Å². The summed E-state index contributed by atoms with van der Waals surface area (Å²) in [5, 5.41) is 11.7. The van der Waals surface area contributed by atoms with E-state index in [-0.39, 0.29) is 5.92 Å². The molecule has 0 aromatic carbocycles. The SMILES string of the molecule is CNC(C)CCCC(C)C(=O)O. The predicted octanol–water partition coefficient (Wildman–Crippen LogP) is 1.49. The van der Waals surface area contributed by atoms with Crippen LogP contribution in [0.25, 0.3) is 0 Å². The van der Waals surface area contributed by atoms with Crippen molar-refractivity contribution < 1.29 is 9.90 Å². The Morgan fingerprint density at radius 2 is 2.00 bits per heavy atom. The molecule has 0 aliphatic heterocycles. The number of carbonyl (C=O) groups is 1. The maximum Gasteiger partial charge on any atom is 0.306 e. The van der Waals surface area contributed by atoms with Gasteiger partial charge in [-0.3, -0.25) is 4.79 Å². The van der Waals surface area contributed by atoms with E-state index < -0.39 is 5.97 Å². The fourth-order valence-electron chi connectivity index (χ4n) is 0.998. The molecular formula is C9H19NO2. The summed E-state index contributed by atoms with van der Waals surface area (Å²) < 4.78 is 0. The zero-order valence-electron chi connectivity index (χ0n) is 8.13. The quantitative estimate of drug-likeness (QED) is 0.639. The van der Waals surface area contributed by atoms with Crippen molar-refractivity contribution in [1.82, 2.24) is 5.32 Å². The third-order valence-electron chi connectivity index (χ3n) is 2.19. The standard InChI is InChI=1S/C9H19NO2/c1-7(9(11)12)5-4-6-8(2)10-3/h7-8,10H,4-6H2,1-3H3,(H,11,12). The molecule has 0 fully saturated rings. The molecule has 0 heterocycles. The van der Waals surface area contributed by atoms with Gasteiger partial charge in [-0.05, 0) is 26.8 Å². The van der Waals surface area contributed by atoms with E-state index in [1.54, 1.807) is 6.92 Å². The lowest BCUT2D eigenvalue weighted by atomic mass is 10.0. The van der Waals surface area contributed by atoms with Gasteiger partial charge in [0.2, 0.25) is 0 Å². The number of carboxylic acid groups (broad SMARTS) is 1. The van der Waals surface area contributed by atoms with Crippen LogP contribution in [0.2, 0.25) is 0 Å². The van der Waals surface area contributed by atoms with Crippen LogP contribution in [-0.4, -0.2) is 24.2 Å². The number of rotatable bonds is 6. The number of carboxylic acids is 1. The first kappa shape index (κ1) is 11.4. The zero-order valence-corrected chi connectivity index (χ0v) is 8.13. The van der Waals surface area contributed by atoms with E-state index in [9.17, 15) is 4.79 Å². The molecule has 3 heteroatoms. The normalized spacial score (nSPS) is 15.6. The molecule has 0 saturated carbocycles. The summed E-state index contributed by atoms with van der Waals surface area (Å²) in [4.78, 5) is 10.4. The minimum Gasteiger partial charge on any atom is -0.481 e. The Morgan fingerprint density at radius 3 is 2.42 bits per heavy atom. The molecule has 0 bridgehead atoms. The van der Waals surface area contributed by atoms with E-state index >= 15 is 0 Å². The van der Waals surface area contributed by atoms with Crippen molar-refractivity contribution in [3.8, 4) is 0 Å². The highest BCUT2D eigenvalue weighted by Gasteiger charge is 2.10. The van der Waals surface area contributed by atoms with Crippen molar-refractivity contribution in [2.24, 2.45) is 5.92 Å². The Morgan fingerprint density at radius 1 is 1.42 bits per heavy atom. The molecule has 12 heavy (non-hydrogen) atoms. The van der Waals surface area contributed by atoms with Crippen LogP contribution >= 0.6 is 0 Å². The Labute approximate surface area is 74.2 Å². The fraction of sp³-hybridized carbons (Fsp3) is 0.889. The second-order valence-corrected chi connectivity index (χ2v) is 3.36. The molecular weight excluding hydrogens is 154 g/mol. The van der Waals surface area contributed by atoms with Crippen molar-refractivity contribution in [3.05, 3.63) is 0 Å². The maximum atomic E-state index is 10.4. The molecule has 0 radical (unpaired) electrons. The summed E-state index contributed by atoms with van der Waals surface area (Å²) in [6.45, 7) is 3.86. The van der Waals surface area contributed by atoms with E-state index in [0.29, 0.717) is 6.04 Å². The molecule has 2 N–H and O–H groups in total. The van der Waals surface area contributed by atoms with Crippen molar-refractivity contribution in [2.45, 2.75) is 39.2 Å². The molecule has 0 aromatic heterocycles. The molecule has 0 aromatic rings. The summed E-state index contributed by atoms with van der Waals surface area (Å²) in [6.07, 6.45) is 2.81. The van der Waals surface area contributed by atoms with Crippen molar-refractivity contribution in [2.75, 3.05) is 7.05 Å². The molecule has 0 amide bonds. The summed E-state index contributed by atoms with van der Waals surface area (Å²) >= 11 is 0. The van der Waals surface area contributed by atoms with Crippen LogP contribution < -0.4 is 5.32 Å². The van der Waals surface area contributed by atoms with Gasteiger partial charge in [0.15, 0.2) is 0 Å². The highest BCUT2D eigenvalue weighted by atomic mass is 16.4. The van der Waals surface area contributed by atoms with Crippen LogP contribution in [-0.2, 0) is 4.79 Å². The molecule has 0 rings (SSSR count). The first-order valence-electron chi connectivity index (χ1n) is 4.48. The van der Waals surface area contributed by atoms with Crippen molar-refractivity contribution in [3.63, 3.8) is 0 Å². The number of nitrogens with one attached hydrogen (secondary N) is 1. The van der Waals surface area contributed by atoms with Crippen LogP contribution in [0.4, 0.5) is 0 Å². The molecule has 0 saturated heterocycles. The lowest BCUT2D eigenvalue weighted by Crippen LogP contribution is -2.21. The number of hydrogen-bond acceptors (Lipinski definition) is 2. The van der Waals surface area contributed by atoms with Gasteiger partial charge in [-0.15, -0.1) is 0 Å². The largest absolute Gasteiger partial charge is 0.481 e. The number of aliphatic carboxylic acids is 1. The second-order valence-electron chi connectivity index (χ2n) is 3.36. The molecule has 0 spiro atoms. The van der Waals surface area contributed by atoms with Gasteiger partial charge in [-0.1, -0.05) is 13.3 Å². The van der Waals surface area contributed by atoms with Gasteiger partial charge in [0.25, 0.3) is 0 Å². The van der Waals surface area contributed by atoms with Gasteiger partial charge in [0, 0.05) is 6.04 Å². The zero-order chi connectivity index (χ0) is 9.56. The minimum absolute atomic E-state index is 0.200. The Bertz CT molecular complexity index is 136. The third-order valence-corrected chi connectivity index (χ3v) is 2.19. The van der Waals surface area contributed by atoms with Gasteiger partial charge in [-0.2, -0.15) is 0 Å². The van der Waals surface area contributed by atoms with Crippen molar-refractivity contribution in [1.29, 1.82) is 0 Å². The third kappa shape index (κ3) is 5.13. The van der Waals surface area contributed by atoms with Crippen LogP contribution in [0.3, 0.4) is 0 Å². The highest BCUT2D eigenvalue weighted by Crippen LogP contribution is 2.09. The molecule has 2 atom stereocenters. The lowest BCUT2D eigenvalue weighted by molar-refractivity contribution is -0.141. The van der Waals surface area contributed by atoms with Crippen molar-refractivity contribution >= 4 is 5.97 Å². The van der Waals surface area contributed by atoms with E-state index in [1.807, 2.05) is 7.05 Å². The van der Waals surface area contributed by atoms with E-state index in [4.69, 9.17) is 5.11 Å². The molecule has 0 aliphatic rings. The van der Waals surface area contributed by atoms with Gasteiger partial charge < -0.3 is 10.4 Å². The van der Waals surface area contributed by atoms with Crippen LogP contribution in [0, 0.1) is 5.92 Å². The van der Waals surface area contributed by atoms with Gasteiger partial charge in [-0.25, -0.2) is 0 Å². The first-order valence-corrected chi connectivity index (χ1v) is 4.48. The lowest BCUT2D eigenvalue weighted by Gasteiger charge is -2.10. The molecule has 0 aliphatic carbocycles. The highest BCUT2D eigenvalue weighted by molar-refractivity contribution is 5.69. The first-order chi connectivity index (χ1) is 5.57. The Hall–Kier alpha value is -0.570. The van der Waals surface area contributed by atoms with E-state index in [2.05, 4.69) is 12.2 Å². The summed E-state index contributed by atoms with van der Waals surface area (Å²) in [5.74, 6) is -0.888.